The van der Waals surface area contributed by atoms with Crippen LogP contribution in [0.15, 0.2) is 6.07 Å². The largest absolute Gasteiger partial charge is 0.356 e. The van der Waals surface area contributed by atoms with Gasteiger partial charge in [-0.05, 0) is 25.7 Å². The molecule has 0 spiro atoms. The summed E-state index contributed by atoms with van der Waals surface area (Å²) in [6.07, 6.45) is 23.5. The highest BCUT2D eigenvalue weighted by atomic mass is 15.3. The summed E-state index contributed by atoms with van der Waals surface area (Å²) < 4.78 is 0. The van der Waals surface area contributed by atoms with E-state index in [9.17, 15) is 0 Å². The van der Waals surface area contributed by atoms with Crippen molar-refractivity contribution in [3.63, 3.8) is 0 Å². The van der Waals surface area contributed by atoms with E-state index in [1.807, 2.05) is 0 Å². The van der Waals surface area contributed by atoms with Gasteiger partial charge in [-0.15, -0.1) is 0 Å². The molecule has 0 aliphatic carbocycles. The Bertz CT molecular complexity index is 548. The first-order valence-electron chi connectivity index (χ1n) is 13.2. The first kappa shape index (κ1) is 23.3. The molecule has 0 radical (unpaired) electrons. The Morgan fingerprint density at radius 2 is 1.13 bits per heavy atom. The molecule has 4 nitrogen and oxygen atoms in total. The van der Waals surface area contributed by atoms with E-state index in [1.54, 1.807) is 0 Å². The molecule has 2 fully saturated rings. The monoisotopic (exact) mass is 414 g/mol. The van der Waals surface area contributed by atoms with Crippen LogP contribution < -0.4 is 9.80 Å². The molecule has 0 bridgehead atoms. The minimum absolute atomic E-state index is 0.978. The van der Waals surface area contributed by atoms with Crippen molar-refractivity contribution < 1.29 is 0 Å². The van der Waals surface area contributed by atoms with Crippen LogP contribution in [0, 0.1) is 0 Å². The van der Waals surface area contributed by atoms with E-state index in [4.69, 9.17) is 9.97 Å². The van der Waals surface area contributed by atoms with Gasteiger partial charge in [0.05, 0.1) is 0 Å². The highest BCUT2D eigenvalue weighted by Gasteiger charge is 2.22. The normalized spacial score (nSPS) is 15.9. The van der Waals surface area contributed by atoms with E-state index >= 15 is 0 Å². The fourth-order valence-electron chi connectivity index (χ4n) is 4.46. The number of hydrogen-bond acceptors (Lipinski definition) is 4. The van der Waals surface area contributed by atoms with Crippen molar-refractivity contribution in [1.29, 1.82) is 0 Å². The lowest BCUT2D eigenvalue weighted by Gasteiger charge is -2.35. The van der Waals surface area contributed by atoms with Gasteiger partial charge >= 0.3 is 0 Å². The van der Waals surface area contributed by atoms with Gasteiger partial charge in [0.2, 0.25) is 5.95 Å². The summed E-state index contributed by atoms with van der Waals surface area (Å²) >= 11 is 0. The van der Waals surface area contributed by atoms with Crippen LogP contribution in [0.25, 0.3) is 0 Å². The molecule has 2 saturated heterocycles. The topological polar surface area (TPSA) is 32.3 Å². The van der Waals surface area contributed by atoms with Crippen molar-refractivity contribution >= 4 is 11.8 Å². The van der Waals surface area contributed by atoms with Crippen molar-refractivity contribution in [2.24, 2.45) is 0 Å². The van der Waals surface area contributed by atoms with Crippen LogP contribution in [-0.4, -0.2) is 36.1 Å². The van der Waals surface area contributed by atoms with Crippen LogP contribution in [0.3, 0.4) is 0 Å². The maximum atomic E-state index is 4.88. The zero-order valence-corrected chi connectivity index (χ0v) is 19.7. The molecule has 0 unspecified atom stereocenters. The summed E-state index contributed by atoms with van der Waals surface area (Å²) in [5, 5.41) is 0. The summed E-state index contributed by atoms with van der Waals surface area (Å²) in [6.45, 7) is 6.87. The molecule has 0 amide bonds. The fraction of sp³-hybridized carbons (Fsp3) is 0.846. The van der Waals surface area contributed by atoms with Gasteiger partial charge in [-0.1, -0.05) is 90.4 Å². The van der Waals surface area contributed by atoms with Crippen molar-refractivity contribution in [1.82, 2.24) is 9.97 Å². The molecule has 170 valence electrons. The minimum Gasteiger partial charge on any atom is -0.356 e. The van der Waals surface area contributed by atoms with Crippen LogP contribution in [0.5, 0.6) is 0 Å². The van der Waals surface area contributed by atoms with E-state index < -0.39 is 0 Å². The first-order valence-corrected chi connectivity index (χ1v) is 13.2. The van der Waals surface area contributed by atoms with Crippen molar-refractivity contribution in [2.75, 3.05) is 36.0 Å². The zero-order chi connectivity index (χ0) is 20.9. The summed E-state index contributed by atoms with van der Waals surface area (Å²) in [5.41, 5.74) is 1.26. The standard InChI is InChI=1S/C26H46N4/c1-2-3-4-5-6-7-8-9-10-11-12-13-14-15-18-24-23-25(29-19-16-20-29)28-26(27-24)30-21-17-22-30/h23H,2-22H2,1H3. The van der Waals surface area contributed by atoms with E-state index in [2.05, 4.69) is 22.8 Å². The van der Waals surface area contributed by atoms with Crippen LogP contribution in [0.2, 0.25) is 0 Å². The minimum atomic E-state index is 0.978. The number of aromatic nitrogens is 2. The lowest BCUT2D eigenvalue weighted by Crippen LogP contribution is -2.40. The average molecular weight is 415 g/mol. The predicted octanol–water partition coefficient (Wildman–Crippen LogP) is 6.92. The maximum absolute atomic E-state index is 4.88. The Morgan fingerprint density at radius 3 is 1.60 bits per heavy atom. The predicted molar refractivity (Wildman–Crippen MR) is 130 cm³/mol. The molecule has 1 aromatic heterocycles. The highest BCUT2D eigenvalue weighted by molar-refractivity contribution is 5.48. The second-order valence-electron chi connectivity index (χ2n) is 9.54. The number of unbranched alkanes of at least 4 members (excludes halogenated alkanes) is 13. The summed E-state index contributed by atoms with van der Waals surface area (Å²) in [6, 6.07) is 2.25. The van der Waals surface area contributed by atoms with Gasteiger partial charge in [-0.2, -0.15) is 4.98 Å². The van der Waals surface area contributed by atoms with Crippen molar-refractivity contribution in [3.05, 3.63) is 11.8 Å². The second kappa shape index (κ2) is 13.9. The molecule has 0 aromatic carbocycles. The molecule has 1 aromatic rings. The van der Waals surface area contributed by atoms with Crippen LogP contribution in [0.4, 0.5) is 11.8 Å². The number of anilines is 2. The van der Waals surface area contributed by atoms with Gasteiger partial charge in [0.15, 0.2) is 0 Å². The maximum Gasteiger partial charge on any atom is 0.227 e. The van der Waals surface area contributed by atoms with Gasteiger partial charge in [-0.3, -0.25) is 0 Å². The number of hydrogen-bond donors (Lipinski definition) is 0. The smallest absolute Gasteiger partial charge is 0.227 e. The third-order valence-corrected chi connectivity index (χ3v) is 6.86. The number of nitrogens with zero attached hydrogens (tertiary/aromatic N) is 4. The molecular formula is C26H46N4. The quantitative estimate of drug-likeness (QED) is 0.259. The molecule has 3 rings (SSSR count). The summed E-state index contributed by atoms with van der Waals surface area (Å²) in [4.78, 5) is 14.5. The Labute approximate surface area is 185 Å². The SMILES string of the molecule is CCCCCCCCCCCCCCCCc1cc(N2CCC2)nc(N2CCC2)n1. The Balaban J connectivity index is 1.22. The molecule has 2 aliphatic heterocycles. The Kier molecular flexibility index (Phi) is 10.8. The molecule has 2 aliphatic rings. The lowest BCUT2D eigenvalue weighted by molar-refractivity contribution is 0.534. The highest BCUT2D eigenvalue weighted by Crippen LogP contribution is 2.25. The van der Waals surface area contributed by atoms with Crippen molar-refractivity contribution in [3.8, 4) is 0 Å². The molecule has 3 heterocycles. The van der Waals surface area contributed by atoms with Gasteiger partial charge in [-0.25, -0.2) is 4.98 Å². The summed E-state index contributed by atoms with van der Waals surface area (Å²) in [5.74, 6) is 2.14. The molecule has 0 atom stereocenters. The van der Waals surface area contributed by atoms with E-state index in [0.717, 1.165) is 38.5 Å². The third kappa shape index (κ3) is 8.07. The third-order valence-electron chi connectivity index (χ3n) is 6.86. The average Bonchev–Trinajstić information content (AvgIpc) is 2.65. The first-order chi connectivity index (χ1) is 14.9. The van der Waals surface area contributed by atoms with Crippen LogP contribution in [0.1, 0.15) is 115 Å². The molecule has 30 heavy (non-hydrogen) atoms. The molecule has 4 heteroatoms. The molecule has 0 N–H and O–H groups in total. The van der Waals surface area contributed by atoms with Gasteiger partial charge in [0, 0.05) is 37.9 Å². The number of aryl methyl sites for hydroxylation is 1. The molecular weight excluding hydrogens is 368 g/mol. The molecule has 0 saturated carbocycles. The lowest BCUT2D eigenvalue weighted by atomic mass is 10.0. The fourth-order valence-corrected chi connectivity index (χ4v) is 4.46. The second-order valence-corrected chi connectivity index (χ2v) is 9.54. The Hall–Kier alpha value is -1.32. The van der Waals surface area contributed by atoms with Gasteiger partial charge < -0.3 is 9.80 Å². The summed E-state index contributed by atoms with van der Waals surface area (Å²) in [7, 11) is 0. The van der Waals surface area contributed by atoms with Gasteiger partial charge in [0.1, 0.15) is 5.82 Å². The van der Waals surface area contributed by atoms with E-state index in [0.29, 0.717) is 0 Å². The zero-order valence-electron chi connectivity index (χ0n) is 19.7. The Morgan fingerprint density at radius 1 is 0.633 bits per heavy atom. The van der Waals surface area contributed by atoms with Crippen LogP contribution in [-0.2, 0) is 6.42 Å². The number of rotatable bonds is 17. The van der Waals surface area contributed by atoms with Crippen molar-refractivity contribution in [2.45, 2.75) is 116 Å². The van der Waals surface area contributed by atoms with E-state index in [-0.39, 0.29) is 0 Å². The van der Waals surface area contributed by atoms with Crippen LogP contribution >= 0.6 is 0 Å². The van der Waals surface area contributed by atoms with E-state index in [1.165, 1.54) is 114 Å². The van der Waals surface area contributed by atoms with Gasteiger partial charge in [0.25, 0.3) is 0 Å².